The molecular formula is C9H13Cl2F3N2O. The van der Waals surface area contributed by atoms with Gasteiger partial charge in [0.25, 0.3) is 0 Å². The van der Waals surface area contributed by atoms with Crippen LogP contribution in [0.4, 0.5) is 13.2 Å². The average molecular weight is 293 g/mol. The first kappa shape index (κ1) is 18.7. The smallest absolute Gasteiger partial charge is 0.406 e. The number of halogens is 5. The van der Waals surface area contributed by atoms with Crippen LogP contribution >= 0.6 is 24.8 Å². The summed E-state index contributed by atoms with van der Waals surface area (Å²) in [5.41, 5.74) is 11.6. The third kappa shape index (κ3) is 6.58. The molecule has 0 saturated heterocycles. The maximum absolute atomic E-state index is 11.8. The third-order valence-electron chi connectivity index (χ3n) is 1.80. The van der Waals surface area contributed by atoms with E-state index in [2.05, 4.69) is 4.74 Å². The summed E-state index contributed by atoms with van der Waals surface area (Å²) in [5, 5.41) is 0. The molecule has 0 aromatic heterocycles. The predicted octanol–water partition coefficient (Wildman–Crippen LogP) is 2.39. The second kappa shape index (κ2) is 7.60. The van der Waals surface area contributed by atoms with Gasteiger partial charge in [-0.05, 0) is 17.7 Å². The van der Waals surface area contributed by atoms with Crippen molar-refractivity contribution in [3.05, 3.63) is 29.8 Å². The topological polar surface area (TPSA) is 61.3 Å². The minimum absolute atomic E-state index is 0. The molecule has 1 atom stereocenters. The van der Waals surface area contributed by atoms with Crippen molar-refractivity contribution < 1.29 is 17.9 Å². The highest BCUT2D eigenvalue weighted by molar-refractivity contribution is 5.85. The van der Waals surface area contributed by atoms with Crippen molar-refractivity contribution >= 4 is 24.8 Å². The van der Waals surface area contributed by atoms with Crippen molar-refractivity contribution in [3.8, 4) is 5.75 Å². The fraction of sp³-hybridized carbons (Fsp3) is 0.333. The van der Waals surface area contributed by atoms with Gasteiger partial charge in [-0.15, -0.1) is 38.0 Å². The Bertz CT molecular complexity index is 319. The summed E-state index contributed by atoms with van der Waals surface area (Å²) in [6.07, 6.45) is -4.67. The molecule has 1 aromatic carbocycles. The van der Waals surface area contributed by atoms with Gasteiger partial charge >= 0.3 is 6.36 Å². The molecule has 0 saturated carbocycles. The molecule has 0 aliphatic carbocycles. The number of ether oxygens (including phenoxy) is 1. The molecule has 0 amide bonds. The lowest BCUT2D eigenvalue weighted by Crippen LogP contribution is -2.21. The van der Waals surface area contributed by atoms with Crippen LogP contribution < -0.4 is 16.2 Å². The molecule has 3 nitrogen and oxygen atoms in total. The Morgan fingerprint density at radius 3 is 1.94 bits per heavy atom. The van der Waals surface area contributed by atoms with E-state index < -0.39 is 6.36 Å². The molecule has 0 unspecified atom stereocenters. The van der Waals surface area contributed by atoms with Crippen molar-refractivity contribution in [2.24, 2.45) is 11.5 Å². The zero-order valence-electron chi connectivity index (χ0n) is 8.61. The van der Waals surface area contributed by atoms with E-state index in [9.17, 15) is 13.2 Å². The first-order valence-electron chi connectivity index (χ1n) is 4.24. The molecule has 0 fully saturated rings. The lowest BCUT2D eigenvalue weighted by Gasteiger charge is -2.11. The second-order valence-corrected chi connectivity index (χ2v) is 2.96. The molecule has 1 rings (SSSR count). The fourth-order valence-electron chi connectivity index (χ4n) is 1.05. The minimum atomic E-state index is -4.67. The minimum Gasteiger partial charge on any atom is -0.406 e. The molecule has 1 aromatic rings. The largest absolute Gasteiger partial charge is 0.573 e. The summed E-state index contributed by atoms with van der Waals surface area (Å²) in [4.78, 5) is 0. The first-order valence-corrected chi connectivity index (χ1v) is 4.24. The summed E-state index contributed by atoms with van der Waals surface area (Å²) in [5.74, 6) is -0.268. The summed E-state index contributed by atoms with van der Waals surface area (Å²) in [6, 6.07) is 4.96. The van der Waals surface area contributed by atoms with Crippen molar-refractivity contribution in [2.75, 3.05) is 6.54 Å². The van der Waals surface area contributed by atoms with Crippen LogP contribution in [0.3, 0.4) is 0 Å². The summed E-state index contributed by atoms with van der Waals surface area (Å²) >= 11 is 0. The predicted molar refractivity (Wildman–Crippen MR) is 63.6 cm³/mol. The van der Waals surface area contributed by atoms with Crippen molar-refractivity contribution in [3.63, 3.8) is 0 Å². The molecule has 100 valence electrons. The van der Waals surface area contributed by atoms with Gasteiger partial charge in [-0.1, -0.05) is 12.1 Å². The second-order valence-electron chi connectivity index (χ2n) is 2.96. The zero-order chi connectivity index (χ0) is 11.5. The molecule has 0 spiro atoms. The average Bonchev–Trinajstić information content (AvgIpc) is 2.15. The van der Waals surface area contributed by atoms with Crippen LogP contribution in [0.25, 0.3) is 0 Å². The molecule has 0 radical (unpaired) electrons. The van der Waals surface area contributed by atoms with E-state index in [0.717, 1.165) is 0 Å². The molecule has 0 aliphatic heterocycles. The van der Waals surface area contributed by atoms with Crippen LogP contribution in [0.5, 0.6) is 5.75 Å². The standard InChI is InChI=1S/C9H11F3N2O.2ClH/c10-9(11,12)15-7-3-1-6(2-4-7)8(14)5-13;;/h1-4,8H,5,13-14H2;2*1H/t8-;;/m1../s1. The van der Waals surface area contributed by atoms with Crippen molar-refractivity contribution in [1.82, 2.24) is 0 Å². The molecule has 0 bridgehead atoms. The van der Waals surface area contributed by atoms with E-state index >= 15 is 0 Å². The van der Waals surface area contributed by atoms with Gasteiger partial charge in [-0.25, -0.2) is 0 Å². The van der Waals surface area contributed by atoms with Crippen LogP contribution in [0.2, 0.25) is 0 Å². The van der Waals surface area contributed by atoms with Gasteiger partial charge in [0.1, 0.15) is 5.75 Å². The number of hydrogen-bond acceptors (Lipinski definition) is 3. The van der Waals surface area contributed by atoms with Crippen LogP contribution in [0.1, 0.15) is 11.6 Å². The van der Waals surface area contributed by atoms with Crippen LogP contribution in [0.15, 0.2) is 24.3 Å². The zero-order valence-corrected chi connectivity index (χ0v) is 10.2. The lowest BCUT2D eigenvalue weighted by atomic mass is 10.1. The van der Waals surface area contributed by atoms with Gasteiger partial charge in [0, 0.05) is 12.6 Å². The number of rotatable bonds is 3. The first-order chi connectivity index (χ1) is 6.92. The molecular weight excluding hydrogens is 280 g/mol. The molecule has 8 heteroatoms. The maximum Gasteiger partial charge on any atom is 0.573 e. The van der Waals surface area contributed by atoms with Crippen molar-refractivity contribution in [2.45, 2.75) is 12.4 Å². The van der Waals surface area contributed by atoms with E-state index in [0.29, 0.717) is 5.56 Å². The highest BCUT2D eigenvalue weighted by Crippen LogP contribution is 2.23. The van der Waals surface area contributed by atoms with Gasteiger partial charge in [-0.3, -0.25) is 0 Å². The van der Waals surface area contributed by atoms with Crippen molar-refractivity contribution in [1.29, 1.82) is 0 Å². The number of hydrogen-bond donors (Lipinski definition) is 2. The van der Waals surface area contributed by atoms with Crippen LogP contribution in [-0.4, -0.2) is 12.9 Å². The van der Waals surface area contributed by atoms with Crippen LogP contribution in [-0.2, 0) is 0 Å². The summed E-state index contributed by atoms with van der Waals surface area (Å²) < 4.78 is 39.1. The van der Waals surface area contributed by atoms with Gasteiger partial charge < -0.3 is 16.2 Å². The third-order valence-corrected chi connectivity index (χ3v) is 1.80. The quantitative estimate of drug-likeness (QED) is 0.899. The molecule has 4 N–H and O–H groups in total. The number of alkyl halides is 3. The summed E-state index contributed by atoms with van der Waals surface area (Å²) in [6.45, 7) is 0.236. The maximum atomic E-state index is 11.8. The highest BCUT2D eigenvalue weighted by Gasteiger charge is 2.30. The Morgan fingerprint density at radius 1 is 1.12 bits per heavy atom. The normalized spacial score (nSPS) is 12.1. The molecule has 0 heterocycles. The summed E-state index contributed by atoms with van der Waals surface area (Å²) in [7, 11) is 0. The van der Waals surface area contributed by atoms with Gasteiger partial charge in [0.15, 0.2) is 0 Å². The Morgan fingerprint density at radius 2 is 1.59 bits per heavy atom. The van der Waals surface area contributed by atoms with E-state index in [4.69, 9.17) is 11.5 Å². The molecule has 17 heavy (non-hydrogen) atoms. The Labute approximate surface area is 109 Å². The lowest BCUT2D eigenvalue weighted by molar-refractivity contribution is -0.274. The van der Waals surface area contributed by atoms with E-state index in [-0.39, 0.29) is 43.2 Å². The Balaban J connectivity index is 0. The SMILES string of the molecule is Cl.Cl.NC[C@@H](N)c1ccc(OC(F)(F)F)cc1. The number of benzene rings is 1. The Hall–Kier alpha value is -0.690. The Kier molecular flexibility index (Phi) is 8.35. The van der Waals surface area contributed by atoms with Crippen LogP contribution in [0, 0.1) is 0 Å². The van der Waals surface area contributed by atoms with Gasteiger partial charge in [0.05, 0.1) is 0 Å². The number of nitrogens with two attached hydrogens (primary N) is 2. The van der Waals surface area contributed by atoms with E-state index in [1.165, 1.54) is 24.3 Å². The van der Waals surface area contributed by atoms with Gasteiger partial charge in [0.2, 0.25) is 0 Å². The van der Waals surface area contributed by atoms with E-state index in [1.54, 1.807) is 0 Å². The fourth-order valence-corrected chi connectivity index (χ4v) is 1.05. The van der Waals surface area contributed by atoms with E-state index in [1.807, 2.05) is 0 Å². The molecule has 0 aliphatic rings. The highest BCUT2D eigenvalue weighted by atomic mass is 35.5. The monoisotopic (exact) mass is 292 g/mol. The van der Waals surface area contributed by atoms with Gasteiger partial charge in [-0.2, -0.15) is 0 Å².